The molecule has 0 spiro atoms. The van der Waals surface area contributed by atoms with Crippen LogP contribution in [-0.2, 0) is 19.0 Å². The molecule has 0 fully saturated rings. The third kappa shape index (κ3) is 4.08. The summed E-state index contributed by atoms with van der Waals surface area (Å²) < 4.78 is 47.0. The van der Waals surface area contributed by atoms with Crippen molar-refractivity contribution in [3.8, 4) is 5.69 Å². The predicted molar refractivity (Wildman–Crippen MR) is 120 cm³/mol. The molecule has 0 saturated carbocycles. The van der Waals surface area contributed by atoms with E-state index >= 15 is 0 Å². The number of alkyl halides is 3. The first kappa shape index (κ1) is 22.1. The van der Waals surface area contributed by atoms with Crippen LogP contribution < -0.4 is 5.56 Å². The van der Waals surface area contributed by atoms with Gasteiger partial charge in [-0.3, -0.25) is 9.36 Å². The first-order valence-electron chi connectivity index (χ1n) is 10.4. The van der Waals surface area contributed by atoms with Crippen LogP contribution in [-0.4, -0.2) is 19.7 Å². The highest BCUT2D eigenvalue weighted by Crippen LogP contribution is 2.39. The van der Waals surface area contributed by atoms with Crippen molar-refractivity contribution in [1.82, 2.24) is 19.7 Å². The summed E-state index contributed by atoms with van der Waals surface area (Å²) in [6.07, 6.45) is -0.832. The summed E-state index contributed by atoms with van der Waals surface area (Å²) in [5, 5.41) is 8.31. The van der Waals surface area contributed by atoms with E-state index < -0.39 is 11.7 Å². The van der Waals surface area contributed by atoms with Gasteiger partial charge in [0.15, 0.2) is 5.16 Å². The van der Waals surface area contributed by atoms with Crippen molar-refractivity contribution in [3.05, 3.63) is 62.4 Å². The third-order valence-electron chi connectivity index (χ3n) is 5.56. The van der Waals surface area contributed by atoms with E-state index in [-0.39, 0.29) is 21.7 Å². The van der Waals surface area contributed by atoms with Crippen LogP contribution in [0, 0.1) is 6.92 Å². The van der Waals surface area contributed by atoms with Gasteiger partial charge in [-0.15, -0.1) is 21.5 Å². The highest BCUT2D eigenvalue weighted by atomic mass is 32.2. The second-order valence-electron chi connectivity index (χ2n) is 7.89. The summed E-state index contributed by atoms with van der Waals surface area (Å²) in [6.45, 7) is 3.50. The van der Waals surface area contributed by atoms with E-state index in [0.717, 1.165) is 48.3 Å². The standard InChI is InChI=1S/C22H19F3N4O2S2/c1-11(18-28-27-12(2)31-18)32-21-26-19-17(15-8-3-4-9-16(15)33-19)20(30)29(21)14-7-5-6-13(10-14)22(23,24)25/h5-7,10-11H,3-4,8-9H2,1-2H3. The molecule has 0 N–H and O–H groups in total. The van der Waals surface area contributed by atoms with Gasteiger partial charge in [-0.25, -0.2) is 4.98 Å². The highest BCUT2D eigenvalue weighted by molar-refractivity contribution is 7.99. The van der Waals surface area contributed by atoms with Crippen LogP contribution in [0.25, 0.3) is 15.9 Å². The molecule has 0 aliphatic heterocycles. The normalized spacial score (nSPS) is 15.1. The molecular weight excluding hydrogens is 473 g/mol. The van der Waals surface area contributed by atoms with Crippen LogP contribution in [0.5, 0.6) is 0 Å². The number of aromatic nitrogens is 4. The number of thioether (sulfide) groups is 1. The Labute approximate surface area is 194 Å². The Morgan fingerprint density at radius 2 is 2.00 bits per heavy atom. The Bertz CT molecular complexity index is 1410. The van der Waals surface area contributed by atoms with Gasteiger partial charge in [0.1, 0.15) is 4.83 Å². The minimum atomic E-state index is -4.53. The minimum absolute atomic E-state index is 0.122. The van der Waals surface area contributed by atoms with Crippen LogP contribution in [0.15, 0.2) is 38.6 Å². The Kier molecular flexibility index (Phi) is 5.56. The summed E-state index contributed by atoms with van der Waals surface area (Å²) in [7, 11) is 0. The number of thiophene rings is 1. The van der Waals surface area contributed by atoms with Gasteiger partial charge in [0.2, 0.25) is 11.8 Å². The number of hydrogen-bond donors (Lipinski definition) is 0. The monoisotopic (exact) mass is 492 g/mol. The van der Waals surface area contributed by atoms with Crippen molar-refractivity contribution in [3.63, 3.8) is 0 Å². The lowest BCUT2D eigenvalue weighted by Crippen LogP contribution is -2.23. The molecule has 1 aliphatic rings. The van der Waals surface area contributed by atoms with Gasteiger partial charge in [-0.2, -0.15) is 13.2 Å². The smallest absolute Gasteiger partial charge is 0.416 e. The number of nitrogens with zero attached hydrogens (tertiary/aromatic N) is 4. The van der Waals surface area contributed by atoms with Gasteiger partial charge < -0.3 is 4.42 Å². The van der Waals surface area contributed by atoms with E-state index in [1.807, 2.05) is 6.92 Å². The molecule has 1 aromatic carbocycles. The van der Waals surface area contributed by atoms with Gasteiger partial charge in [-0.1, -0.05) is 17.8 Å². The van der Waals surface area contributed by atoms with Gasteiger partial charge in [0, 0.05) is 11.8 Å². The van der Waals surface area contributed by atoms with Crippen molar-refractivity contribution < 1.29 is 17.6 Å². The second-order valence-corrected chi connectivity index (χ2v) is 10.3. The van der Waals surface area contributed by atoms with Crippen LogP contribution >= 0.6 is 23.1 Å². The molecule has 0 amide bonds. The quantitative estimate of drug-likeness (QED) is 0.261. The van der Waals surface area contributed by atoms with E-state index in [9.17, 15) is 18.0 Å². The largest absolute Gasteiger partial charge is 0.424 e. The van der Waals surface area contributed by atoms with Gasteiger partial charge in [0.25, 0.3) is 5.56 Å². The summed E-state index contributed by atoms with van der Waals surface area (Å²) in [5.41, 5.74) is -0.0704. The molecule has 0 saturated heterocycles. The lowest BCUT2D eigenvalue weighted by molar-refractivity contribution is -0.137. The molecule has 11 heteroatoms. The third-order valence-corrected chi connectivity index (χ3v) is 7.79. The SMILES string of the molecule is Cc1nnc(C(C)Sc2nc3sc4c(c3c(=O)n2-c2cccc(C(F)(F)F)c2)CCCC4)o1. The maximum Gasteiger partial charge on any atom is 0.416 e. The summed E-state index contributed by atoms with van der Waals surface area (Å²) in [4.78, 5) is 20.3. The Morgan fingerprint density at radius 3 is 2.73 bits per heavy atom. The molecule has 5 rings (SSSR count). The minimum Gasteiger partial charge on any atom is -0.424 e. The number of hydrogen-bond acceptors (Lipinski definition) is 7. The van der Waals surface area contributed by atoms with E-state index in [0.29, 0.717) is 22.0 Å². The fourth-order valence-corrected chi connectivity index (χ4v) is 6.26. The second kappa shape index (κ2) is 8.28. The lowest BCUT2D eigenvalue weighted by Gasteiger charge is -2.16. The van der Waals surface area contributed by atoms with E-state index in [4.69, 9.17) is 9.40 Å². The molecule has 1 unspecified atom stereocenters. The molecule has 0 radical (unpaired) electrons. The molecular formula is C22H19F3N4O2S2. The Hall–Kier alpha value is -2.66. The van der Waals surface area contributed by atoms with Gasteiger partial charge in [-0.05, 0) is 56.4 Å². The van der Waals surface area contributed by atoms with Crippen LogP contribution in [0.1, 0.15) is 52.8 Å². The van der Waals surface area contributed by atoms with Crippen molar-refractivity contribution in [1.29, 1.82) is 0 Å². The van der Waals surface area contributed by atoms with Crippen LogP contribution in [0.3, 0.4) is 0 Å². The molecule has 172 valence electrons. The number of rotatable bonds is 4. The van der Waals surface area contributed by atoms with Crippen LogP contribution in [0.2, 0.25) is 0 Å². The lowest BCUT2D eigenvalue weighted by atomic mass is 9.97. The summed E-state index contributed by atoms with van der Waals surface area (Å²) in [5.74, 6) is 0.759. The molecule has 33 heavy (non-hydrogen) atoms. The van der Waals surface area contributed by atoms with E-state index in [2.05, 4.69) is 10.2 Å². The number of aryl methyl sites for hydroxylation is 3. The van der Waals surface area contributed by atoms with E-state index in [1.54, 1.807) is 6.92 Å². The zero-order valence-electron chi connectivity index (χ0n) is 17.8. The maximum atomic E-state index is 13.7. The molecule has 3 heterocycles. The molecule has 3 aromatic heterocycles. The Balaban J connectivity index is 1.72. The average molecular weight is 493 g/mol. The van der Waals surface area contributed by atoms with Crippen molar-refractivity contribution in [2.24, 2.45) is 0 Å². The number of fused-ring (bicyclic) bond motifs is 3. The highest BCUT2D eigenvalue weighted by Gasteiger charge is 2.31. The molecule has 1 atom stereocenters. The van der Waals surface area contributed by atoms with Gasteiger partial charge in [0.05, 0.1) is 21.9 Å². The maximum absolute atomic E-state index is 13.7. The number of halogens is 3. The molecule has 6 nitrogen and oxygen atoms in total. The zero-order chi connectivity index (χ0) is 23.3. The Morgan fingerprint density at radius 1 is 1.21 bits per heavy atom. The first-order chi connectivity index (χ1) is 15.7. The predicted octanol–water partition coefficient (Wildman–Crippen LogP) is 5.89. The van der Waals surface area contributed by atoms with Crippen molar-refractivity contribution >= 4 is 33.3 Å². The molecule has 0 bridgehead atoms. The number of benzene rings is 1. The van der Waals surface area contributed by atoms with E-state index in [1.165, 1.54) is 39.8 Å². The fourth-order valence-electron chi connectivity index (χ4n) is 4.00. The average Bonchev–Trinajstić information content (AvgIpc) is 3.37. The molecule has 4 aromatic rings. The van der Waals surface area contributed by atoms with Crippen LogP contribution in [0.4, 0.5) is 13.2 Å². The topological polar surface area (TPSA) is 73.8 Å². The van der Waals surface area contributed by atoms with Crippen molar-refractivity contribution in [2.45, 2.75) is 56.1 Å². The zero-order valence-corrected chi connectivity index (χ0v) is 19.4. The fraction of sp³-hybridized carbons (Fsp3) is 0.364. The molecule has 1 aliphatic carbocycles. The summed E-state index contributed by atoms with van der Waals surface area (Å²) >= 11 is 2.70. The van der Waals surface area contributed by atoms with Crippen molar-refractivity contribution in [2.75, 3.05) is 0 Å². The summed E-state index contributed by atoms with van der Waals surface area (Å²) in [6, 6.07) is 4.77. The first-order valence-corrected chi connectivity index (χ1v) is 12.1. The van der Waals surface area contributed by atoms with Gasteiger partial charge >= 0.3 is 6.18 Å².